The number of nitrogens with one attached hydrogen (secondary N) is 1. The van der Waals surface area contributed by atoms with Gasteiger partial charge in [-0.15, -0.1) is 11.6 Å². The Morgan fingerprint density at radius 1 is 1.44 bits per heavy atom. The molecule has 0 radical (unpaired) electrons. The van der Waals surface area contributed by atoms with Gasteiger partial charge in [-0.1, -0.05) is 6.92 Å². The van der Waals surface area contributed by atoms with Gasteiger partial charge in [0.25, 0.3) is 0 Å². The van der Waals surface area contributed by atoms with Crippen molar-refractivity contribution in [1.82, 2.24) is 9.97 Å². The largest absolute Gasteiger partial charge is 0.368 e. The lowest BCUT2D eigenvalue weighted by atomic mass is 10.2. The number of halogens is 1. The molecule has 0 aromatic carbocycles. The van der Waals surface area contributed by atoms with Crippen molar-refractivity contribution in [2.45, 2.75) is 46.1 Å². The van der Waals surface area contributed by atoms with Crippen LogP contribution in [0, 0.1) is 6.92 Å². The summed E-state index contributed by atoms with van der Waals surface area (Å²) in [4.78, 5) is 8.72. The van der Waals surface area contributed by atoms with E-state index in [1.165, 1.54) is 0 Å². The van der Waals surface area contributed by atoms with Crippen molar-refractivity contribution in [3.05, 3.63) is 17.6 Å². The highest BCUT2D eigenvalue weighted by Gasteiger charge is 2.04. The van der Waals surface area contributed by atoms with Gasteiger partial charge in [0.1, 0.15) is 11.6 Å². The minimum absolute atomic E-state index is 0.401. The summed E-state index contributed by atoms with van der Waals surface area (Å²) in [6.45, 7) is 6.17. The summed E-state index contributed by atoms with van der Waals surface area (Å²) >= 11 is 5.67. The quantitative estimate of drug-likeness (QED) is 0.778. The molecule has 3 nitrogen and oxygen atoms in total. The zero-order valence-electron chi connectivity index (χ0n) is 10.3. The van der Waals surface area contributed by atoms with Crippen LogP contribution in [0.25, 0.3) is 0 Å². The van der Waals surface area contributed by atoms with Crippen LogP contribution in [-0.4, -0.2) is 21.9 Å². The fourth-order valence-electron chi connectivity index (χ4n) is 1.59. The van der Waals surface area contributed by atoms with E-state index in [0.29, 0.717) is 6.04 Å². The average molecular weight is 242 g/mol. The van der Waals surface area contributed by atoms with E-state index >= 15 is 0 Å². The topological polar surface area (TPSA) is 37.8 Å². The Labute approximate surface area is 103 Å². The Morgan fingerprint density at radius 2 is 2.19 bits per heavy atom. The summed E-state index contributed by atoms with van der Waals surface area (Å²) in [5.74, 6) is 2.47. The molecule has 1 heterocycles. The van der Waals surface area contributed by atoms with E-state index in [4.69, 9.17) is 11.6 Å². The molecule has 0 aliphatic rings. The first-order valence-electron chi connectivity index (χ1n) is 5.82. The van der Waals surface area contributed by atoms with Crippen molar-refractivity contribution in [2.75, 3.05) is 11.2 Å². The van der Waals surface area contributed by atoms with Crippen molar-refractivity contribution in [3.8, 4) is 0 Å². The lowest BCUT2D eigenvalue weighted by molar-refractivity contribution is 0.689. The number of hydrogen-bond donors (Lipinski definition) is 1. The maximum atomic E-state index is 5.67. The van der Waals surface area contributed by atoms with Gasteiger partial charge in [0, 0.05) is 23.7 Å². The fraction of sp³-hybridized carbons (Fsp3) is 0.667. The fourth-order valence-corrected chi connectivity index (χ4v) is 1.75. The smallest absolute Gasteiger partial charge is 0.130 e. The molecule has 1 rings (SSSR count). The summed E-state index contributed by atoms with van der Waals surface area (Å²) in [6.07, 6.45) is 3.03. The van der Waals surface area contributed by atoms with Crippen molar-refractivity contribution in [3.63, 3.8) is 0 Å². The Morgan fingerprint density at radius 3 is 2.81 bits per heavy atom. The van der Waals surface area contributed by atoms with Crippen LogP contribution in [0.1, 0.15) is 38.2 Å². The van der Waals surface area contributed by atoms with Crippen LogP contribution in [0.5, 0.6) is 0 Å². The van der Waals surface area contributed by atoms with Crippen LogP contribution in [-0.2, 0) is 6.42 Å². The van der Waals surface area contributed by atoms with E-state index in [1.807, 2.05) is 13.0 Å². The normalized spacial score (nSPS) is 12.5. The second-order valence-corrected chi connectivity index (χ2v) is 4.40. The van der Waals surface area contributed by atoms with Gasteiger partial charge in [0.05, 0.1) is 0 Å². The van der Waals surface area contributed by atoms with Crippen molar-refractivity contribution >= 4 is 17.4 Å². The molecule has 0 amide bonds. The van der Waals surface area contributed by atoms with Gasteiger partial charge in [0.15, 0.2) is 0 Å². The van der Waals surface area contributed by atoms with Crippen LogP contribution < -0.4 is 5.32 Å². The first kappa shape index (κ1) is 13.2. The van der Waals surface area contributed by atoms with Crippen LogP contribution >= 0.6 is 11.6 Å². The Hall–Kier alpha value is -0.830. The van der Waals surface area contributed by atoms with E-state index in [9.17, 15) is 0 Å². The number of alkyl halides is 1. The molecule has 0 aliphatic carbocycles. The first-order chi connectivity index (χ1) is 7.65. The molecular formula is C12H20ClN3. The summed E-state index contributed by atoms with van der Waals surface area (Å²) in [6, 6.07) is 2.42. The molecule has 1 atom stereocenters. The number of rotatable bonds is 6. The van der Waals surface area contributed by atoms with E-state index in [2.05, 4.69) is 29.1 Å². The molecule has 4 heteroatoms. The van der Waals surface area contributed by atoms with E-state index in [-0.39, 0.29) is 0 Å². The maximum Gasteiger partial charge on any atom is 0.130 e. The predicted octanol–water partition coefficient (Wildman–Crippen LogP) is 3.17. The predicted molar refractivity (Wildman–Crippen MR) is 69.2 cm³/mol. The molecule has 1 N–H and O–H groups in total. The molecule has 1 aromatic heterocycles. The van der Waals surface area contributed by atoms with Gasteiger partial charge >= 0.3 is 0 Å². The van der Waals surface area contributed by atoms with Crippen LogP contribution in [0.3, 0.4) is 0 Å². The number of nitrogens with zero attached hydrogens (tertiary/aromatic N) is 2. The van der Waals surface area contributed by atoms with Gasteiger partial charge in [-0.25, -0.2) is 9.97 Å². The second-order valence-electron chi connectivity index (χ2n) is 4.02. The lowest BCUT2D eigenvalue weighted by Crippen LogP contribution is -2.16. The number of anilines is 1. The zero-order valence-corrected chi connectivity index (χ0v) is 11.0. The Balaban J connectivity index is 2.61. The average Bonchev–Trinajstić information content (AvgIpc) is 2.25. The molecule has 1 unspecified atom stereocenters. The first-order valence-corrected chi connectivity index (χ1v) is 6.36. The maximum absolute atomic E-state index is 5.67. The standard InChI is InChI=1S/C12H20ClN3/c1-4-11-8-12(16-10(3)15-11)14-9(2)6-5-7-13/h8-9H,4-7H2,1-3H3,(H,14,15,16). The second kappa shape index (κ2) is 6.69. The van der Waals surface area contributed by atoms with Crippen LogP contribution in [0.15, 0.2) is 6.07 Å². The van der Waals surface area contributed by atoms with Crippen molar-refractivity contribution in [2.24, 2.45) is 0 Å². The molecule has 1 aromatic rings. The number of hydrogen-bond acceptors (Lipinski definition) is 3. The van der Waals surface area contributed by atoms with Gasteiger partial charge in [-0.2, -0.15) is 0 Å². The number of aromatic nitrogens is 2. The molecule has 90 valence electrons. The monoisotopic (exact) mass is 241 g/mol. The molecule has 16 heavy (non-hydrogen) atoms. The van der Waals surface area contributed by atoms with Gasteiger partial charge in [-0.05, 0) is 33.1 Å². The Kier molecular flexibility index (Phi) is 5.53. The number of aryl methyl sites for hydroxylation is 2. The lowest BCUT2D eigenvalue weighted by Gasteiger charge is -2.14. The van der Waals surface area contributed by atoms with Crippen molar-refractivity contribution in [1.29, 1.82) is 0 Å². The molecule has 0 aliphatic heterocycles. The van der Waals surface area contributed by atoms with E-state index in [0.717, 1.165) is 42.5 Å². The summed E-state index contributed by atoms with van der Waals surface area (Å²) in [7, 11) is 0. The highest BCUT2D eigenvalue weighted by Crippen LogP contribution is 2.10. The minimum Gasteiger partial charge on any atom is -0.368 e. The van der Waals surface area contributed by atoms with Crippen molar-refractivity contribution < 1.29 is 0 Å². The molecular weight excluding hydrogens is 222 g/mol. The highest BCUT2D eigenvalue weighted by atomic mass is 35.5. The van der Waals surface area contributed by atoms with Gasteiger partial charge in [0.2, 0.25) is 0 Å². The van der Waals surface area contributed by atoms with Crippen LogP contribution in [0.4, 0.5) is 5.82 Å². The molecule has 0 bridgehead atoms. The molecule has 0 spiro atoms. The third-order valence-electron chi connectivity index (χ3n) is 2.42. The summed E-state index contributed by atoms with van der Waals surface area (Å²) in [5, 5.41) is 3.38. The van der Waals surface area contributed by atoms with Crippen LogP contribution in [0.2, 0.25) is 0 Å². The summed E-state index contributed by atoms with van der Waals surface area (Å²) in [5.41, 5.74) is 1.08. The molecule has 0 saturated heterocycles. The molecule has 0 saturated carbocycles. The summed E-state index contributed by atoms with van der Waals surface area (Å²) < 4.78 is 0. The van der Waals surface area contributed by atoms with Gasteiger partial charge in [-0.3, -0.25) is 0 Å². The zero-order chi connectivity index (χ0) is 12.0. The Bertz CT molecular complexity index is 328. The third kappa shape index (κ3) is 4.35. The third-order valence-corrected chi connectivity index (χ3v) is 2.69. The minimum atomic E-state index is 0.401. The SMILES string of the molecule is CCc1cc(NC(C)CCCCl)nc(C)n1. The highest BCUT2D eigenvalue weighted by molar-refractivity contribution is 6.17. The van der Waals surface area contributed by atoms with E-state index in [1.54, 1.807) is 0 Å². The van der Waals surface area contributed by atoms with E-state index < -0.39 is 0 Å². The van der Waals surface area contributed by atoms with Gasteiger partial charge < -0.3 is 5.32 Å². The molecule has 0 fully saturated rings.